The molecule has 0 aliphatic rings. The summed E-state index contributed by atoms with van der Waals surface area (Å²) in [6.45, 7) is 3.64. The molecule has 0 aromatic heterocycles. The number of nitrogens with one attached hydrogen (secondary N) is 1. The first-order valence-electron chi connectivity index (χ1n) is 6.14. The second-order valence-corrected chi connectivity index (χ2v) is 4.66. The minimum Gasteiger partial charge on any atom is -0.368 e. The minimum absolute atomic E-state index is 0.0743. The smallest absolute Gasteiger partial charge is 0.254 e. The molecule has 0 saturated heterocycles. The van der Waals surface area contributed by atoms with Crippen molar-refractivity contribution in [3.8, 4) is 0 Å². The molecule has 3 N–H and O–H groups in total. The van der Waals surface area contributed by atoms with Gasteiger partial charge >= 0.3 is 0 Å². The molecule has 0 saturated carbocycles. The normalized spacial score (nSPS) is 13.9. The highest BCUT2D eigenvalue weighted by Crippen LogP contribution is 2.17. The highest BCUT2D eigenvalue weighted by atomic mass is 16.5. The monoisotopic (exact) mass is 264 g/mol. The Labute approximate surface area is 113 Å². The molecule has 0 bridgehead atoms. The van der Waals surface area contributed by atoms with Crippen molar-refractivity contribution in [3.05, 3.63) is 35.9 Å². The summed E-state index contributed by atoms with van der Waals surface area (Å²) in [5, 5.41) is 2.63. The third-order valence-electron chi connectivity index (χ3n) is 2.85. The van der Waals surface area contributed by atoms with E-state index in [2.05, 4.69) is 5.32 Å². The largest absolute Gasteiger partial charge is 0.368 e. The Hall–Kier alpha value is -1.88. The fourth-order valence-corrected chi connectivity index (χ4v) is 1.82. The van der Waals surface area contributed by atoms with Crippen LogP contribution in [0.25, 0.3) is 0 Å². The first kappa shape index (κ1) is 15.2. The molecule has 19 heavy (non-hydrogen) atoms. The summed E-state index contributed by atoms with van der Waals surface area (Å²) in [5.41, 5.74) is 6.00. The lowest BCUT2D eigenvalue weighted by atomic mass is 10.0. The molecule has 1 aromatic carbocycles. The quantitative estimate of drug-likeness (QED) is 0.804. The Bertz CT molecular complexity index is 432. The Morgan fingerprint density at radius 1 is 1.21 bits per heavy atom. The summed E-state index contributed by atoms with van der Waals surface area (Å²) in [5.74, 6) is -0.993. The van der Waals surface area contributed by atoms with E-state index in [1.54, 1.807) is 12.1 Å². The van der Waals surface area contributed by atoms with Crippen molar-refractivity contribution in [2.24, 2.45) is 11.7 Å². The second kappa shape index (κ2) is 6.89. The number of carbonyl (C=O) groups is 2. The summed E-state index contributed by atoms with van der Waals surface area (Å²) in [4.78, 5) is 23.4. The minimum atomic E-state index is -0.748. The summed E-state index contributed by atoms with van der Waals surface area (Å²) in [7, 11) is 1.45. The fraction of sp³-hybridized carbons (Fsp3) is 0.429. The van der Waals surface area contributed by atoms with Crippen LogP contribution < -0.4 is 11.1 Å². The maximum Gasteiger partial charge on any atom is 0.254 e. The first-order valence-corrected chi connectivity index (χ1v) is 6.14. The number of amides is 2. The Morgan fingerprint density at radius 2 is 1.79 bits per heavy atom. The number of rotatable bonds is 6. The van der Waals surface area contributed by atoms with Crippen LogP contribution in [-0.4, -0.2) is 25.0 Å². The standard InChI is InChI=1S/C14H20N2O3/c1-9(2)11(13(15)17)16-14(18)12(19-3)10-7-5-4-6-8-10/h4-9,11-12H,1-3H3,(H2,15,17)(H,16,18)/t11-,12-/m1/s1. The van der Waals surface area contributed by atoms with Gasteiger partial charge in [-0.1, -0.05) is 44.2 Å². The maximum absolute atomic E-state index is 12.2. The summed E-state index contributed by atoms with van der Waals surface area (Å²) >= 11 is 0. The van der Waals surface area contributed by atoms with Gasteiger partial charge in [-0.2, -0.15) is 0 Å². The molecule has 0 aliphatic carbocycles. The van der Waals surface area contributed by atoms with Gasteiger partial charge in [0.15, 0.2) is 6.10 Å². The highest BCUT2D eigenvalue weighted by Gasteiger charge is 2.27. The van der Waals surface area contributed by atoms with Crippen LogP contribution in [-0.2, 0) is 14.3 Å². The van der Waals surface area contributed by atoms with Gasteiger partial charge in [0, 0.05) is 7.11 Å². The van der Waals surface area contributed by atoms with E-state index in [1.807, 2.05) is 32.0 Å². The van der Waals surface area contributed by atoms with Crippen molar-refractivity contribution in [1.82, 2.24) is 5.32 Å². The summed E-state index contributed by atoms with van der Waals surface area (Å²) in [6, 6.07) is 8.39. The van der Waals surface area contributed by atoms with Crippen molar-refractivity contribution in [3.63, 3.8) is 0 Å². The van der Waals surface area contributed by atoms with Gasteiger partial charge in [0.05, 0.1) is 0 Å². The third-order valence-corrected chi connectivity index (χ3v) is 2.85. The lowest BCUT2D eigenvalue weighted by Crippen LogP contribution is -2.49. The van der Waals surface area contributed by atoms with Crippen LogP contribution >= 0.6 is 0 Å². The van der Waals surface area contributed by atoms with E-state index in [1.165, 1.54) is 7.11 Å². The fourth-order valence-electron chi connectivity index (χ4n) is 1.82. The second-order valence-electron chi connectivity index (χ2n) is 4.66. The van der Waals surface area contributed by atoms with E-state index in [9.17, 15) is 9.59 Å². The Balaban J connectivity index is 2.83. The molecule has 0 unspecified atom stereocenters. The Kier molecular flexibility index (Phi) is 5.51. The molecule has 0 spiro atoms. The van der Waals surface area contributed by atoms with Crippen molar-refractivity contribution in [2.45, 2.75) is 26.0 Å². The van der Waals surface area contributed by atoms with E-state index in [0.717, 1.165) is 5.56 Å². The molecule has 1 aromatic rings. The highest BCUT2D eigenvalue weighted by molar-refractivity contribution is 5.89. The van der Waals surface area contributed by atoms with Crippen molar-refractivity contribution in [2.75, 3.05) is 7.11 Å². The number of carbonyl (C=O) groups excluding carboxylic acids is 2. The van der Waals surface area contributed by atoms with E-state index in [0.29, 0.717) is 0 Å². The summed E-state index contributed by atoms with van der Waals surface area (Å²) in [6.07, 6.45) is -0.748. The first-order chi connectivity index (χ1) is 8.97. The zero-order valence-electron chi connectivity index (χ0n) is 11.4. The number of methoxy groups -OCH3 is 1. The van der Waals surface area contributed by atoms with E-state index < -0.39 is 18.1 Å². The van der Waals surface area contributed by atoms with Crippen LogP contribution in [0.5, 0.6) is 0 Å². The topological polar surface area (TPSA) is 81.4 Å². The molecule has 5 nitrogen and oxygen atoms in total. The van der Waals surface area contributed by atoms with Crippen molar-refractivity contribution in [1.29, 1.82) is 0 Å². The van der Waals surface area contributed by atoms with Crippen molar-refractivity contribution >= 4 is 11.8 Å². The number of primary amides is 1. The average molecular weight is 264 g/mol. The van der Waals surface area contributed by atoms with Gasteiger partial charge in [0.2, 0.25) is 5.91 Å². The van der Waals surface area contributed by atoms with Gasteiger partial charge in [-0.25, -0.2) is 0 Å². The predicted octanol–water partition coefficient (Wildman–Crippen LogP) is 1.00. The maximum atomic E-state index is 12.2. The molecule has 2 atom stereocenters. The van der Waals surface area contributed by atoms with Crippen molar-refractivity contribution < 1.29 is 14.3 Å². The van der Waals surface area contributed by atoms with E-state index in [-0.39, 0.29) is 11.8 Å². The molecule has 1 rings (SSSR count). The van der Waals surface area contributed by atoms with Gasteiger partial charge in [-0.05, 0) is 11.5 Å². The van der Waals surface area contributed by atoms with Crippen LogP contribution in [0, 0.1) is 5.92 Å². The number of nitrogens with two attached hydrogens (primary N) is 1. The Morgan fingerprint density at radius 3 is 2.21 bits per heavy atom. The third kappa shape index (κ3) is 4.06. The van der Waals surface area contributed by atoms with Gasteiger partial charge in [-0.15, -0.1) is 0 Å². The number of hydrogen-bond donors (Lipinski definition) is 2. The van der Waals surface area contributed by atoms with Gasteiger partial charge in [0.25, 0.3) is 5.91 Å². The van der Waals surface area contributed by atoms with Crippen LogP contribution in [0.4, 0.5) is 0 Å². The van der Waals surface area contributed by atoms with Crippen LogP contribution in [0.2, 0.25) is 0 Å². The number of benzene rings is 1. The van der Waals surface area contributed by atoms with Crippen LogP contribution in [0.3, 0.4) is 0 Å². The van der Waals surface area contributed by atoms with Gasteiger partial charge in [-0.3, -0.25) is 9.59 Å². The van der Waals surface area contributed by atoms with E-state index in [4.69, 9.17) is 10.5 Å². The predicted molar refractivity (Wildman–Crippen MR) is 72.2 cm³/mol. The van der Waals surface area contributed by atoms with Gasteiger partial charge in [0.1, 0.15) is 6.04 Å². The molecule has 0 heterocycles. The zero-order valence-corrected chi connectivity index (χ0v) is 11.4. The number of ether oxygens (including phenoxy) is 1. The average Bonchev–Trinajstić information content (AvgIpc) is 2.37. The molecular formula is C14H20N2O3. The SMILES string of the molecule is CO[C@@H](C(=O)N[C@@H](C(N)=O)C(C)C)c1ccccc1. The van der Waals surface area contributed by atoms with Crippen LogP contribution in [0.1, 0.15) is 25.5 Å². The molecular weight excluding hydrogens is 244 g/mol. The molecule has 0 aliphatic heterocycles. The van der Waals surface area contributed by atoms with Gasteiger partial charge < -0.3 is 15.8 Å². The van der Waals surface area contributed by atoms with E-state index >= 15 is 0 Å². The van der Waals surface area contributed by atoms with Crippen LogP contribution in [0.15, 0.2) is 30.3 Å². The lowest BCUT2D eigenvalue weighted by molar-refractivity contribution is -0.135. The molecule has 0 radical (unpaired) electrons. The molecule has 104 valence electrons. The molecule has 2 amide bonds. The number of hydrogen-bond acceptors (Lipinski definition) is 3. The lowest BCUT2D eigenvalue weighted by Gasteiger charge is -2.22. The summed E-state index contributed by atoms with van der Waals surface area (Å²) < 4.78 is 5.19. The molecule has 5 heteroatoms. The molecule has 0 fully saturated rings. The zero-order chi connectivity index (χ0) is 14.4.